The molecular formula is C30H39N7O. The van der Waals surface area contributed by atoms with E-state index in [1.807, 2.05) is 22.8 Å². The third kappa shape index (κ3) is 6.29. The van der Waals surface area contributed by atoms with Gasteiger partial charge in [0.25, 0.3) is 0 Å². The van der Waals surface area contributed by atoms with Gasteiger partial charge < -0.3 is 0 Å². The van der Waals surface area contributed by atoms with Gasteiger partial charge in [-0.05, 0) is 52.3 Å². The number of nitrogens with one attached hydrogen (secondary N) is 1. The Kier molecular flexibility index (Phi) is 8.78. The smallest absolute Gasteiger partial charge is 0.274 e. The molecule has 5 rings (SSSR count). The van der Waals surface area contributed by atoms with E-state index in [1.54, 1.807) is 4.68 Å². The number of unbranched alkanes of at least 4 members (excludes halogenated alkanes) is 4. The minimum Gasteiger partial charge on any atom is -0.274 e. The lowest BCUT2D eigenvalue weighted by atomic mass is 9.89. The molecule has 0 bridgehead atoms. The maximum atomic E-state index is 13.5. The first-order chi connectivity index (χ1) is 18.7. The number of benzene rings is 2. The highest BCUT2D eigenvalue weighted by Gasteiger charge is 2.19. The summed E-state index contributed by atoms with van der Waals surface area (Å²) in [6.07, 6.45) is 13.1. The summed E-state index contributed by atoms with van der Waals surface area (Å²) >= 11 is 0. The Morgan fingerprint density at radius 1 is 0.921 bits per heavy atom. The van der Waals surface area contributed by atoms with E-state index in [0.29, 0.717) is 18.3 Å². The van der Waals surface area contributed by atoms with Crippen LogP contribution >= 0.6 is 0 Å². The van der Waals surface area contributed by atoms with E-state index in [9.17, 15) is 4.79 Å². The Morgan fingerprint density at radius 3 is 2.42 bits per heavy atom. The van der Waals surface area contributed by atoms with E-state index in [4.69, 9.17) is 5.10 Å². The number of nitrogens with zero attached hydrogens (tertiary/aromatic N) is 6. The van der Waals surface area contributed by atoms with Gasteiger partial charge in [-0.15, -0.1) is 5.10 Å². The molecule has 1 aliphatic rings. The molecule has 200 valence electrons. The van der Waals surface area contributed by atoms with Crippen LogP contribution in [0, 0.1) is 5.92 Å². The van der Waals surface area contributed by atoms with Crippen molar-refractivity contribution in [2.75, 3.05) is 0 Å². The van der Waals surface area contributed by atoms with Crippen molar-refractivity contribution in [2.24, 2.45) is 5.92 Å². The third-order valence-corrected chi connectivity index (χ3v) is 7.79. The summed E-state index contributed by atoms with van der Waals surface area (Å²) in [6.45, 7) is 3.53. The summed E-state index contributed by atoms with van der Waals surface area (Å²) < 4.78 is 3.67. The first kappa shape index (κ1) is 26.1. The first-order valence-electron chi connectivity index (χ1n) is 14.3. The van der Waals surface area contributed by atoms with Gasteiger partial charge in [0.15, 0.2) is 5.82 Å². The predicted octanol–water partition coefficient (Wildman–Crippen LogP) is 6.03. The van der Waals surface area contributed by atoms with Gasteiger partial charge in [0, 0.05) is 18.5 Å². The Bertz CT molecular complexity index is 1330. The van der Waals surface area contributed by atoms with Gasteiger partial charge in [-0.2, -0.15) is 5.10 Å². The summed E-state index contributed by atoms with van der Waals surface area (Å²) in [5.41, 5.74) is 4.22. The zero-order valence-corrected chi connectivity index (χ0v) is 22.5. The fraction of sp³-hybridized carbons (Fsp3) is 0.500. The number of hydrogen-bond acceptors (Lipinski definition) is 5. The maximum absolute atomic E-state index is 13.5. The zero-order valence-electron chi connectivity index (χ0n) is 22.5. The Balaban J connectivity index is 1.35. The minimum absolute atomic E-state index is 0.0337. The Labute approximate surface area is 224 Å². The lowest BCUT2D eigenvalue weighted by molar-refractivity contribution is 0.303. The highest BCUT2D eigenvalue weighted by atomic mass is 16.2. The van der Waals surface area contributed by atoms with Gasteiger partial charge in [-0.1, -0.05) is 100 Å². The van der Waals surface area contributed by atoms with Gasteiger partial charge in [0.05, 0.1) is 6.54 Å². The molecule has 1 fully saturated rings. The second-order valence-corrected chi connectivity index (χ2v) is 10.6. The fourth-order valence-electron chi connectivity index (χ4n) is 5.64. The molecule has 0 aliphatic heterocycles. The summed E-state index contributed by atoms with van der Waals surface area (Å²) in [4.78, 5) is 13.5. The quantitative estimate of drug-likeness (QED) is 0.233. The van der Waals surface area contributed by atoms with Crippen LogP contribution in [0.5, 0.6) is 0 Å². The monoisotopic (exact) mass is 513 g/mol. The van der Waals surface area contributed by atoms with E-state index in [2.05, 4.69) is 57.9 Å². The molecule has 1 saturated carbocycles. The normalized spacial score (nSPS) is 14.2. The van der Waals surface area contributed by atoms with Crippen LogP contribution in [0.2, 0.25) is 0 Å². The molecule has 0 radical (unpaired) electrons. The maximum Gasteiger partial charge on any atom is 0.346 e. The number of hydrogen-bond donors (Lipinski definition) is 1. The molecule has 1 aliphatic carbocycles. The number of H-pyrrole nitrogens is 1. The summed E-state index contributed by atoms with van der Waals surface area (Å²) in [7, 11) is 0. The fourth-order valence-corrected chi connectivity index (χ4v) is 5.64. The Morgan fingerprint density at radius 2 is 1.68 bits per heavy atom. The number of aromatic amines is 1. The first-order valence-corrected chi connectivity index (χ1v) is 14.3. The molecule has 0 unspecified atom stereocenters. The van der Waals surface area contributed by atoms with E-state index >= 15 is 0 Å². The van der Waals surface area contributed by atoms with Crippen molar-refractivity contribution in [1.29, 1.82) is 0 Å². The second-order valence-electron chi connectivity index (χ2n) is 10.6. The standard InChI is InChI=1S/C30H39N7O/c1-2-3-4-5-9-16-28-33-37(22-23-12-7-6-8-13-23)30(38)36(28)21-24-17-19-25(20-18-24)26-14-10-11-15-27(26)29-31-34-35-32-29/h10-11,14-15,17-20,23H,2-9,12-13,16,21-22H2,1H3,(H,31,32,34,35). The van der Waals surface area contributed by atoms with Crippen LogP contribution in [0.3, 0.4) is 0 Å². The van der Waals surface area contributed by atoms with Gasteiger partial charge in [0.2, 0.25) is 0 Å². The molecule has 2 heterocycles. The highest BCUT2D eigenvalue weighted by Crippen LogP contribution is 2.30. The molecule has 0 atom stereocenters. The lowest BCUT2D eigenvalue weighted by Gasteiger charge is -2.20. The topological polar surface area (TPSA) is 94.3 Å². The zero-order chi connectivity index (χ0) is 26.2. The molecule has 0 spiro atoms. The van der Waals surface area contributed by atoms with Crippen LogP contribution in [0.25, 0.3) is 22.5 Å². The summed E-state index contributed by atoms with van der Waals surface area (Å²) in [5.74, 6) is 2.14. The molecule has 2 aromatic carbocycles. The van der Waals surface area contributed by atoms with Crippen molar-refractivity contribution >= 4 is 0 Å². The van der Waals surface area contributed by atoms with E-state index in [-0.39, 0.29) is 5.69 Å². The third-order valence-electron chi connectivity index (χ3n) is 7.79. The van der Waals surface area contributed by atoms with Crippen LogP contribution < -0.4 is 5.69 Å². The van der Waals surface area contributed by atoms with E-state index < -0.39 is 0 Å². The van der Waals surface area contributed by atoms with Gasteiger partial charge in [0.1, 0.15) is 5.82 Å². The average molecular weight is 514 g/mol. The molecule has 0 saturated heterocycles. The Hall–Kier alpha value is -3.55. The summed E-state index contributed by atoms with van der Waals surface area (Å²) in [5, 5.41) is 19.3. The molecule has 2 aromatic heterocycles. The van der Waals surface area contributed by atoms with Crippen molar-refractivity contribution in [2.45, 2.75) is 90.6 Å². The number of rotatable bonds is 12. The molecule has 1 N–H and O–H groups in total. The largest absolute Gasteiger partial charge is 0.346 e. The molecular weight excluding hydrogens is 474 g/mol. The van der Waals surface area contributed by atoms with E-state index in [1.165, 1.54) is 57.8 Å². The molecule has 8 nitrogen and oxygen atoms in total. The van der Waals surface area contributed by atoms with Gasteiger partial charge in [-0.3, -0.25) is 4.57 Å². The number of aryl methyl sites for hydroxylation is 1. The average Bonchev–Trinajstić information content (AvgIpc) is 3.59. The van der Waals surface area contributed by atoms with Crippen molar-refractivity contribution < 1.29 is 0 Å². The van der Waals surface area contributed by atoms with Crippen molar-refractivity contribution in [3.8, 4) is 22.5 Å². The summed E-state index contributed by atoms with van der Waals surface area (Å²) in [6, 6.07) is 16.5. The molecule has 8 heteroatoms. The molecule has 38 heavy (non-hydrogen) atoms. The second kappa shape index (κ2) is 12.8. The van der Waals surface area contributed by atoms with Crippen molar-refractivity contribution in [3.63, 3.8) is 0 Å². The number of aromatic nitrogens is 7. The van der Waals surface area contributed by atoms with Crippen molar-refractivity contribution in [1.82, 2.24) is 35.0 Å². The molecule has 0 amide bonds. The number of tetrazole rings is 1. The SMILES string of the molecule is CCCCCCCc1nn(CC2CCCCC2)c(=O)n1Cc1ccc(-c2ccccc2-c2nnn[nH]2)cc1. The van der Waals surface area contributed by atoms with Crippen molar-refractivity contribution in [3.05, 3.63) is 70.4 Å². The van der Waals surface area contributed by atoms with Gasteiger partial charge in [-0.25, -0.2) is 14.6 Å². The van der Waals surface area contributed by atoms with Crippen LogP contribution in [0.4, 0.5) is 0 Å². The van der Waals surface area contributed by atoms with Gasteiger partial charge >= 0.3 is 5.69 Å². The van der Waals surface area contributed by atoms with Crippen LogP contribution in [-0.2, 0) is 19.5 Å². The van der Waals surface area contributed by atoms with Crippen LogP contribution in [0.1, 0.15) is 82.5 Å². The van der Waals surface area contributed by atoms with E-state index in [0.717, 1.165) is 47.5 Å². The minimum atomic E-state index is 0.0337. The van der Waals surface area contributed by atoms with Crippen LogP contribution in [0.15, 0.2) is 53.3 Å². The van der Waals surface area contributed by atoms with Crippen LogP contribution in [-0.4, -0.2) is 35.0 Å². The highest BCUT2D eigenvalue weighted by molar-refractivity contribution is 5.80. The predicted molar refractivity (Wildman–Crippen MR) is 150 cm³/mol. The lowest BCUT2D eigenvalue weighted by Crippen LogP contribution is -2.29. The molecule has 4 aromatic rings.